The van der Waals surface area contributed by atoms with E-state index in [1.54, 1.807) is 12.1 Å². The third-order valence-electron chi connectivity index (χ3n) is 3.92. The third-order valence-corrected chi connectivity index (χ3v) is 5.34. The van der Waals surface area contributed by atoms with E-state index in [9.17, 15) is 13.2 Å². The maximum atomic E-state index is 12.3. The predicted molar refractivity (Wildman–Crippen MR) is 77.5 cm³/mol. The quantitative estimate of drug-likeness (QED) is 0.865. The number of hydrogen-bond acceptors (Lipinski definition) is 4. The molecule has 0 aliphatic carbocycles. The van der Waals surface area contributed by atoms with Crippen molar-refractivity contribution in [3.8, 4) is 0 Å². The predicted octanol–water partition coefficient (Wildman–Crippen LogP) is 0.886. The highest BCUT2D eigenvalue weighted by Gasteiger charge is 2.23. The van der Waals surface area contributed by atoms with Crippen LogP contribution in [0.5, 0.6) is 0 Å². The molecule has 2 aliphatic rings. The molecular weight excluding hydrogens is 292 g/mol. The Morgan fingerprint density at radius 1 is 1.29 bits per heavy atom. The smallest absolute Gasteiger partial charge is 0.240 e. The number of rotatable bonds is 4. The Bertz CT molecular complexity index is 651. The molecule has 0 aromatic heterocycles. The van der Waals surface area contributed by atoms with Crippen molar-refractivity contribution in [2.75, 3.05) is 25.1 Å². The van der Waals surface area contributed by atoms with E-state index in [4.69, 9.17) is 4.74 Å². The summed E-state index contributed by atoms with van der Waals surface area (Å²) in [5, 5.41) is 2.69. The Hall–Kier alpha value is -1.44. The van der Waals surface area contributed by atoms with Crippen LogP contribution in [0.3, 0.4) is 0 Å². The Balaban J connectivity index is 1.70. The zero-order valence-corrected chi connectivity index (χ0v) is 12.4. The van der Waals surface area contributed by atoms with Crippen molar-refractivity contribution in [3.05, 3.63) is 23.8 Å². The maximum absolute atomic E-state index is 12.3. The van der Waals surface area contributed by atoms with Gasteiger partial charge in [-0.3, -0.25) is 4.79 Å². The number of ether oxygens (including phenoxy) is 1. The molecule has 2 N–H and O–H groups in total. The molecule has 114 valence electrons. The Kier molecular flexibility index (Phi) is 3.97. The maximum Gasteiger partial charge on any atom is 0.240 e. The molecule has 1 fully saturated rings. The largest absolute Gasteiger partial charge is 0.381 e. The summed E-state index contributed by atoms with van der Waals surface area (Å²) in [6, 6.07) is 4.74. The van der Waals surface area contributed by atoms with Crippen molar-refractivity contribution in [1.82, 2.24) is 4.72 Å². The summed E-state index contributed by atoms with van der Waals surface area (Å²) in [4.78, 5) is 11.5. The van der Waals surface area contributed by atoms with Gasteiger partial charge < -0.3 is 10.1 Å². The number of anilines is 1. The molecule has 6 nitrogen and oxygen atoms in total. The molecule has 0 saturated carbocycles. The molecule has 0 radical (unpaired) electrons. The van der Waals surface area contributed by atoms with Crippen LogP contribution >= 0.6 is 0 Å². The minimum Gasteiger partial charge on any atom is -0.381 e. The molecule has 1 aromatic rings. The first-order chi connectivity index (χ1) is 10.0. The van der Waals surface area contributed by atoms with E-state index >= 15 is 0 Å². The van der Waals surface area contributed by atoms with E-state index in [0.717, 1.165) is 18.4 Å². The van der Waals surface area contributed by atoms with Crippen LogP contribution in [-0.4, -0.2) is 34.1 Å². The minimum absolute atomic E-state index is 0.102. The molecule has 0 spiro atoms. The molecule has 0 bridgehead atoms. The summed E-state index contributed by atoms with van der Waals surface area (Å²) in [6.45, 7) is 1.82. The first-order valence-corrected chi connectivity index (χ1v) is 8.53. The van der Waals surface area contributed by atoms with Gasteiger partial charge in [-0.25, -0.2) is 13.1 Å². The second-order valence-electron chi connectivity index (χ2n) is 5.45. The molecule has 1 amide bonds. The van der Waals surface area contributed by atoms with Gasteiger partial charge in [0, 0.05) is 25.4 Å². The summed E-state index contributed by atoms with van der Waals surface area (Å²) in [5.41, 5.74) is 1.43. The van der Waals surface area contributed by atoms with Gasteiger partial charge in [0.05, 0.1) is 11.3 Å². The number of nitrogens with one attached hydrogen (secondary N) is 2. The molecule has 2 aliphatic heterocycles. The number of hydrogen-bond donors (Lipinski definition) is 2. The van der Waals surface area contributed by atoms with Crippen LogP contribution in [0.15, 0.2) is 23.1 Å². The zero-order valence-electron chi connectivity index (χ0n) is 11.6. The fourth-order valence-electron chi connectivity index (χ4n) is 2.63. The van der Waals surface area contributed by atoms with Crippen LogP contribution in [0.4, 0.5) is 5.69 Å². The van der Waals surface area contributed by atoms with E-state index in [-0.39, 0.29) is 17.2 Å². The van der Waals surface area contributed by atoms with Gasteiger partial charge in [0.2, 0.25) is 15.9 Å². The summed E-state index contributed by atoms with van der Waals surface area (Å²) >= 11 is 0. The molecule has 21 heavy (non-hydrogen) atoms. The second-order valence-corrected chi connectivity index (χ2v) is 7.22. The highest BCUT2D eigenvalue weighted by atomic mass is 32.2. The van der Waals surface area contributed by atoms with Crippen LogP contribution in [0.2, 0.25) is 0 Å². The van der Waals surface area contributed by atoms with E-state index < -0.39 is 10.0 Å². The highest BCUT2D eigenvalue weighted by Crippen LogP contribution is 2.25. The Morgan fingerprint density at radius 2 is 2.05 bits per heavy atom. The van der Waals surface area contributed by atoms with Gasteiger partial charge in [-0.05, 0) is 42.5 Å². The van der Waals surface area contributed by atoms with Crippen LogP contribution in [-0.2, 0) is 26.0 Å². The standard InChI is InChI=1S/C14H18N2O4S/c17-14-8-11-7-12(1-2-13(11)16-14)21(18,19)15-9-10-3-5-20-6-4-10/h1-2,7,10,15H,3-6,8-9H2,(H,16,17). The number of carbonyl (C=O) groups excluding carboxylic acids is 1. The third kappa shape index (κ3) is 3.25. The summed E-state index contributed by atoms with van der Waals surface area (Å²) in [5.74, 6) is 0.223. The van der Waals surface area contributed by atoms with Crippen LogP contribution < -0.4 is 10.0 Å². The molecule has 3 rings (SSSR count). The van der Waals surface area contributed by atoms with Gasteiger partial charge in [0.25, 0.3) is 0 Å². The van der Waals surface area contributed by atoms with Gasteiger partial charge in [-0.15, -0.1) is 0 Å². The number of benzene rings is 1. The molecule has 2 heterocycles. The summed E-state index contributed by atoms with van der Waals surface area (Å²) < 4.78 is 32.5. The Morgan fingerprint density at radius 3 is 2.81 bits per heavy atom. The topological polar surface area (TPSA) is 84.5 Å². The lowest BCUT2D eigenvalue weighted by molar-refractivity contribution is -0.115. The van der Waals surface area contributed by atoms with Crippen molar-refractivity contribution in [2.24, 2.45) is 5.92 Å². The van der Waals surface area contributed by atoms with Crippen LogP contribution in [0, 0.1) is 5.92 Å². The van der Waals surface area contributed by atoms with Gasteiger partial charge in [0.1, 0.15) is 0 Å². The molecule has 1 saturated heterocycles. The van der Waals surface area contributed by atoms with E-state index in [2.05, 4.69) is 10.0 Å². The van der Waals surface area contributed by atoms with E-state index in [1.807, 2.05) is 0 Å². The molecule has 7 heteroatoms. The molecule has 1 aromatic carbocycles. The lowest BCUT2D eigenvalue weighted by Gasteiger charge is -2.22. The van der Waals surface area contributed by atoms with Crippen molar-refractivity contribution >= 4 is 21.6 Å². The van der Waals surface area contributed by atoms with Gasteiger partial charge in [-0.1, -0.05) is 0 Å². The van der Waals surface area contributed by atoms with Crippen LogP contribution in [0.1, 0.15) is 18.4 Å². The lowest BCUT2D eigenvalue weighted by Crippen LogP contribution is -2.32. The molecule has 0 atom stereocenters. The monoisotopic (exact) mass is 310 g/mol. The number of carbonyl (C=O) groups is 1. The molecular formula is C14H18N2O4S. The summed E-state index contributed by atoms with van der Waals surface area (Å²) in [7, 11) is -3.53. The number of fused-ring (bicyclic) bond motifs is 1. The summed E-state index contributed by atoms with van der Waals surface area (Å²) in [6.07, 6.45) is 1.99. The van der Waals surface area contributed by atoms with Gasteiger partial charge in [0.15, 0.2) is 0 Å². The average Bonchev–Trinajstić information content (AvgIpc) is 2.85. The number of sulfonamides is 1. The SMILES string of the molecule is O=C1Cc2cc(S(=O)(=O)NCC3CCOCC3)ccc2N1. The average molecular weight is 310 g/mol. The second kappa shape index (κ2) is 5.75. The van der Waals surface area contributed by atoms with Crippen molar-refractivity contribution in [2.45, 2.75) is 24.2 Å². The lowest BCUT2D eigenvalue weighted by atomic mass is 10.0. The number of amides is 1. The minimum atomic E-state index is -3.53. The fourth-order valence-corrected chi connectivity index (χ4v) is 3.80. The first-order valence-electron chi connectivity index (χ1n) is 7.05. The fraction of sp³-hybridized carbons (Fsp3) is 0.500. The normalized spacial score (nSPS) is 19.3. The Labute approximate surface area is 123 Å². The van der Waals surface area contributed by atoms with Crippen molar-refractivity contribution in [3.63, 3.8) is 0 Å². The van der Waals surface area contributed by atoms with Crippen molar-refractivity contribution in [1.29, 1.82) is 0 Å². The van der Waals surface area contributed by atoms with E-state index in [1.165, 1.54) is 6.07 Å². The molecule has 0 unspecified atom stereocenters. The first kappa shape index (κ1) is 14.5. The van der Waals surface area contributed by atoms with Crippen LogP contribution in [0.25, 0.3) is 0 Å². The highest BCUT2D eigenvalue weighted by molar-refractivity contribution is 7.89. The van der Waals surface area contributed by atoms with E-state index in [0.29, 0.717) is 31.4 Å². The van der Waals surface area contributed by atoms with Gasteiger partial charge >= 0.3 is 0 Å². The zero-order chi connectivity index (χ0) is 14.9. The van der Waals surface area contributed by atoms with Gasteiger partial charge in [-0.2, -0.15) is 0 Å². The van der Waals surface area contributed by atoms with Crippen molar-refractivity contribution < 1.29 is 17.9 Å².